The molecule has 1 fully saturated rings. The van der Waals surface area contributed by atoms with Gasteiger partial charge in [-0.05, 0) is 93.8 Å². The van der Waals surface area contributed by atoms with Crippen LogP contribution in [0.4, 0.5) is 43.9 Å². The maximum atomic E-state index is 13.8. The average molecular weight is 810 g/mol. The molecular weight excluding hydrogens is 774 g/mol. The highest BCUT2D eigenvalue weighted by molar-refractivity contribution is 7.97. The van der Waals surface area contributed by atoms with E-state index in [1.165, 1.54) is 24.3 Å². The van der Waals surface area contributed by atoms with Gasteiger partial charge in [-0.25, -0.2) is 0 Å². The van der Waals surface area contributed by atoms with Crippen molar-refractivity contribution >= 4 is 21.0 Å². The maximum Gasteiger partial charge on any atom is 0.431 e. The molecule has 3 N–H and O–H groups in total. The molecule has 5 atom stereocenters. The summed E-state index contributed by atoms with van der Waals surface area (Å²) < 4.78 is 178. The van der Waals surface area contributed by atoms with Crippen molar-refractivity contribution in [2.45, 2.75) is 95.1 Å². The van der Waals surface area contributed by atoms with Gasteiger partial charge in [0.15, 0.2) is 25.9 Å². The van der Waals surface area contributed by atoms with E-state index in [1.54, 1.807) is 54.6 Å². The van der Waals surface area contributed by atoms with Crippen LogP contribution >= 0.6 is 0 Å². The SMILES string of the molecule is CC(O)(C1CC(Oc2ccc([S+](c3ccccc3)c3ccc(OCCC(F)(F)C(F)(F)S(=O)(=O)O)cc3)cc2)CC(C(C)(O)C(F)(F)F)C1)C(F)(F)F. The van der Waals surface area contributed by atoms with Gasteiger partial charge in [0.25, 0.3) is 0 Å². The topological polar surface area (TPSA) is 113 Å². The van der Waals surface area contributed by atoms with E-state index in [9.17, 15) is 62.5 Å². The van der Waals surface area contributed by atoms with Crippen molar-refractivity contribution in [2.75, 3.05) is 6.61 Å². The third-order valence-corrected chi connectivity index (χ3v) is 12.4. The van der Waals surface area contributed by atoms with Gasteiger partial charge in [0, 0.05) is 11.8 Å². The van der Waals surface area contributed by atoms with E-state index in [0.717, 1.165) is 4.90 Å². The highest BCUT2D eigenvalue weighted by Gasteiger charge is 2.65. The molecule has 4 rings (SSSR count). The molecule has 0 amide bonds. The number of hydrogen-bond acceptors (Lipinski definition) is 6. The first-order valence-corrected chi connectivity index (χ1v) is 18.5. The van der Waals surface area contributed by atoms with Gasteiger partial charge in [-0.15, -0.1) is 0 Å². The normalized spacial score (nSPS) is 22.0. The summed E-state index contributed by atoms with van der Waals surface area (Å²) in [6, 6.07) is 20.9. The van der Waals surface area contributed by atoms with Crippen molar-refractivity contribution < 1.29 is 76.6 Å². The minimum absolute atomic E-state index is 0.0295. The Hall–Kier alpha value is -3.26. The van der Waals surface area contributed by atoms with Gasteiger partial charge in [-0.3, -0.25) is 4.55 Å². The van der Waals surface area contributed by atoms with Crippen molar-refractivity contribution in [3.63, 3.8) is 0 Å². The van der Waals surface area contributed by atoms with E-state index in [0.29, 0.717) is 23.6 Å². The zero-order valence-electron chi connectivity index (χ0n) is 27.8. The van der Waals surface area contributed by atoms with Crippen LogP contribution in [0.25, 0.3) is 0 Å². The first kappa shape index (κ1) is 42.5. The van der Waals surface area contributed by atoms with Gasteiger partial charge < -0.3 is 19.7 Å². The second-order valence-corrected chi connectivity index (χ2v) is 16.5. The lowest BCUT2D eigenvalue weighted by Gasteiger charge is -2.46. The van der Waals surface area contributed by atoms with Crippen molar-refractivity contribution in [1.82, 2.24) is 0 Å². The standard InChI is InChI=1S/C34H34F10O7S2/c1-29(45,32(37,38)39)21-18-22(30(2,46)33(40,41)42)20-25(19-21)51-24-10-14-28(15-11-24)52(26-6-4-3-5-7-26)27-12-8-23(9-13-27)50-17-16-31(35,36)34(43,44)53(47,48)49/h3-15,21-22,25,45-46H,16-20H2,1-2H3/p+1. The van der Waals surface area contributed by atoms with Crippen LogP contribution in [0.3, 0.4) is 0 Å². The van der Waals surface area contributed by atoms with Crippen molar-refractivity contribution in [3.05, 3.63) is 78.9 Å². The highest BCUT2D eigenvalue weighted by atomic mass is 32.2. The zero-order chi connectivity index (χ0) is 39.8. The molecule has 3 aromatic carbocycles. The number of ether oxygens (including phenoxy) is 2. The summed E-state index contributed by atoms with van der Waals surface area (Å²) in [7, 11) is -7.27. The summed E-state index contributed by atoms with van der Waals surface area (Å²) in [6.45, 7) is -0.0801. The first-order valence-electron chi connectivity index (χ1n) is 15.8. The lowest BCUT2D eigenvalue weighted by atomic mass is 9.67. The van der Waals surface area contributed by atoms with Gasteiger partial charge in [-0.2, -0.15) is 52.3 Å². The second-order valence-electron chi connectivity index (χ2n) is 13.0. The van der Waals surface area contributed by atoms with E-state index < -0.39 is 106 Å². The monoisotopic (exact) mass is 809 g/mol. The molecule has 0 heterocycles. The molecule has 1 aliphatic rings. The molecule has 294 valence electrons. The summed E-state index contributed by atoms with van der Waals surface area (Å²) in [4.78, 5) is 2.08. The van der Waals surface area contributed by atoms with E-state index in [-0.39, 0.29) is 11.5 Å². The quantitative estimate of drug-likeness (QED) is 0.0903. The molecule has 53 heavy (non-hydrogen) atoms. The average Bonchev–Trinajstić information content (AvgIpc) is 3.05. The molecule has 0 aliphatic heterocycles. The predicted molar refractivity (Wildman–Crippen MR) is 172 cm³/mol. The van der Waals surface area contributed by atoms with Gasteiger partial charge in [0.2, 0.25) is 0 Å². The highest BCUT2D eigenvalue weighted by Crippen LogP contribution is 2.50. The van der Waals surface area contributed by atoms with Crippen LogP contribution in [-0.2, 0) is 21.0 Å². The lowest BCUT2D eigenvalue weighted by Crippen LogP contribution is -2.57. The van der Waals surface area contributed by atoms with Crippen molar-refractivity contribution in [1.29, 1.82) is 0 Å². The summed E-state index contributed by atoms with van der Waals surface area (Å²) in [6.07, 6.45) is -15.0. The Morgan fingerprint density at radius 2 is 1.08 bits per heavy atom. The smallest absolute Gasteiger partial charge is 0.431 e. The van der Waals surface area contributed by atoms with E-state index in [2.05, 4.69) is 0 Å². The molecular formula is C34H35F10O7S2+. The molecule has 1 aliphatic carbocycles. The van der Waals surface area contributed by atoms with Gasteiger partial charge in [0.1, 0.15) is 11.5 Å². The Kier molecular flexibility index (Phi) is 12.1. The lowest BCUT2D eigenvalue weighted by molar-refractivity contribution is -0.298. The Balaban J connectivity index is 1.55. The first-order chi connectivity index (χ1) is 24.2. The molecule has 19 heteroatoms. The number of halogens is 10. The largest absolute Gasteiger partial charge is 0.493 e. The van der Waals surface area contributed by atoms with E-state index >= 15 is 0 Å². The number of hydrogen-bond donors (Lipinski definition) is 3. The summed E-state index contributed by atoms with van der Waals surface area (Å²) in [5, 5.41) is 15.0. The molecule has 0 spiro atoms. The molecule has 7 nitrogen and oxygen atoms in total. The van der Waals surface area contributed by atoms with Crippen molar-refractivity contribution in [2.24, 2.45) is 11.8 Å². The van der Waals surface area contributed by atoms with Crippen LogP contribution in [0.5, 0.6) is 11.5 Å². The number of aliphatic hydroxyl groups is 2. The Bertz CT molecular complexity index is 1750. The second kappa shape index (κ2) is 15.1. The van der Waals surface area contributed by atoms with Crippen LogP contribution < -0.4 is 9.47 Å². The summed E-state index contributed by atoms with van der Waals surface area (Å²) in [5.74, 6) is -8.54. The Morgan fingerprint density at radius 1 is 0.660 bits per heavy atom. The number of rotatable bonds is 13. The molecule has 0 bridgehead atoms. The van der Waals surface area contributed by atoms with Gasteiger partial charge >= 0.3 is 33.6 Å². The van der Waals surface area contributed by atoms with Crippen LogP contribution in [-0.4, -0.2) is 70.6 Å². The third kappa shape index (κ3) is 9.17. The van der Waals surface area contributed by atoms with Crippen LogP contribution in [0.15, 0.2) is 93.5 Å². The van der Waals surface area contributed by atoms with Crippen LogP contribution in [0.2, 0.25) is 0 Å². The maximum absolute atomic E-state index is 13.8. The fraction of sp³-hybridized carbons (Fsp3) is 0.471. The fourth-order valence-corrected chi connectivity index (χ4v) is 8.40. The third-order valence-electron chi connectivity index (χ3n) is 9.24. The molecule has 5 unspecified atom stereocenters. The minimum Gasteiger partial charge on any atom is -0.493 e. The molecule has 3 aromatic rings. The van der Waals surface area contributed by atoms with E-state index in [1.807, 2.05) is 0 Å². The van der Waals surface area contributed by atoms with Crippen LogP contribution in [0.1, 0.15) is 39.5 Å². The Morgan fingerprint density at radius 3 is 1.49 bits per heavy atom. The molecule has 0 radical (unpaired) electrons. The minimum atomic E-state index is -6.40. The van der Waals surface area contributed by atoms with E-state index in [4.69, 9.17) is 14.0 Å². The summed E-state index contributed by atoms with van der Waals surface area (Å²) >= 11 is 0. The molecule has 1 saturated carbocycles. The van der Waals surface area contributed by atoms with Gasteiger partial charge in [-0.1, -0.05) is 18.2 Å². The summed E-state index contributed by atoms with van der Waals surface area (Å²) in [5.41, 5.74) is -6.74. The zero-order valence-corrected chi connectivity index (χ0v) is 29.5. The van der Waals surface area contributed by atoms with Crippen LogP contribution in [0, 0.1) is 11.8 Å². The predicted octanol–water partition coefficient (Wildman–Crippen LogP) is 8.46. The molecule has 0 aromatic heterocycles. The Labute approximate surface area is 301 Å². The fourth-order valence-electron chi connectivity index (χ4n) is 5.86. The van der Waals surface area contributed by atoms with Gasteiger partial charge in [0.05, 0.1) is 30.0 Å². The number of alkyl halides is 10. The van der Waals surface area contributed by atoms with Crippen molar-refractivity contribution in [3.8, 4) is 11.5 Å². The molecule has 0 saturated heterocycles. The number of benzene rings is 3.